The minimum atomic E-state index is -0.392. The highest BCUT2D eigenvalue weighted by Gasteiger charge is 2.26. The highest BCUT2D eigenvalue weighted by Crippen LogP contribution is 2.39. The van der Waals surface area contributed by atoms with Crippen LogP contribution in [0.1, 0.15) is 57.7 Å². The lowest BCUT2D eigenvalue weighted by atomic mass is 10.1. The molecule has 1 aliphatic rings. The van der Waals surface area contributed by atoms with Crippen LogP contribution in [-0.4, -0.2) is 27.5 Å². The maximum Gasteiger partial charge on any atom is 0.247 e. The first-order valence-electron chi connectivity index (χ1n) is 11.4. The smallest absolute Gasteiger partial charge is 0.247 e. The van der Waals surface area contributed by atoms with Crippen molar-refractivity contribution in [2.24, 2.45) is 0 Å². The molecule has 32 heavy (non-hydrogen) atoms. The fourth-order valence-electron chi connectivity index (χ4n) is 3.45. The molecule has 1 unspecified atom stereocenters. The third-order valence-electron chi connectivity index (χ3n) is 5.26. The van der Waals surface area contributed by atoms with E-state index in [4.69, 9.17) is 14.5 Å². The van der Waals surface area contributed by atoms with Crippen LogP contribution < -0.4 is 14.8 Å². The van der Waals surface area contributed by atoms with E-state index < -0.39 is 6.23 Å². The molecule has 2 aromatic carbocycles. The standard InChI is InChI=1S/C25H30N4O2S/c1-3-5-9-16-30-19-14-12-18(13-15-19)23-26-21-11-8-7-10-20(21)22-24(31-23)27-25(29-28-22)32-17-6-4-2/h7-8,10-15,23,26H,3-6,9,16-17H2,1-2H3. The molecule has 6 nitrogen and oxygen atoms in total. The molecule has 0 spiro atoms. The first kappa shape index (κ1) is 22.4. The minimum Gasteiger partial charge on any atom is -0.494 e. The molecule has 0 aliphatic carbocycles. The van der Waals surface area contributed by atoms with Crippen LogP contribution in [-0.2, 0) is 0 Å². The van der Waals surface area contributed by atoms with Crippen LogP contribution >= 0.6 is 11.8 Å². The second-order valence-corrected chi connectivity index (χ2v) is 8.82. The first-order valence-corrected chi connectivity index (χ1v) is 12.4. The zero-order valence-electron chi connectivity index (χ0n) is 18.7. The van der Waals surface area contributed by atoms with Gasteiger partial charge in [-0.2, -0.15) is 4.98 Å². The molecule has 1 N–H and O–H groups in total. The molecule has 3 aromatic rings. The highest BCUT2D eigenvalue weighted by atomic mass is 32.2. The summed E-state index contributed by atoms with van der Waals surface area (Å²) in [6.07, 6.45) is 5.31. The predicted molar refractivity (Wildman–Crippen MR) is 129 cm³/mol. The zero-order chi connectivity index (χ0) is 22.2. The number of benzene rings is 2. The zero-order valence-corrected chi connectivity index (χ0v) is 19.5. The summed E-state index contributed by atoms with van der Waals surface area (Å²) in [5.74, 6) is 2.34. The number of para-hydroxylation sites is 1. The summed E-state index contributed by atoms with van der Waals surface area (Å²) in [4.78, 5) is 4.70. The van der Waals surface area contributed by atoms with Crippen LogP contribution in [0.4, 0.5) is 5.69 Å². The third-order valence-corrected chi connectivity index (χ3v) is 6.19. The van der Waals surface area contributed by atoms with Gasteiger partial charge in [-0.3, -0.25) is 0 Å². The topological polar surface area (TPSA) is 69.2 Å². The number of aromatic nitrogens is 3. The predicted octanol–water partition coefficient (Wildman–Crippen LogP) is 6.50. The average Bonchev–Trinajstić information content (AvgIpc) is 2.99. The Morgan fingerprint density at radius 1 is 0.969 bits per heavy atom. The maximum atomic E-state index is 6.35. The van der Waals surface area contributed by atoms with Crippen molar-refractivity contribution in [2.45, 2.75) is 57.3 Å². The highest BCUT2D eigenvalue weighted by molar-refractivity contribution is 7.99. The normalized spacial score (nSPS) is 14.5. The van der Waals surface area contributed by atoms with Crippen molar-refractivity contribution < 1.29 is 9.47 Å². The van der Waals surface area contributed by atoms with Gasteiger partial charge in [0.2, 0.25) is 11.0 Å². The number of nitrogens with one attached hydrogen (secondary N) is 1. The Kier molecular flexibility index (Phi) is 7.82. The van der Waals surface area contributed by atoms with Gasteiger partial charge in [-0.15, -0.1) is 10.2 Å². The summed E-state index contributed by atoms with van der Waals surface area (Å²) in [6, 6.07) is 16.1. The molecule has 1 aliphatic heterocycles. The van der Waals surface area contributed by atoms with Crippen LogP contribution in [0.5, 0.6) is 11.6 Å². The summed E-state index contributed by atoms with van der Waals surface area (Å²) in [5.41, 5.74) is 3.53. The van der Waals surface area contributed by atoms with E-state index >= 15 is 0 Å². The van der Waals surface area contributed by atoms with E-state index in [0.717, 1.165) is 54.2 Å². The quantitative estimate of drug-likeness (QED) is 0.279. The number of ether oxygens (including phenoxy) is 2. The Labute approximate surface area is 194 Å². The molecule has 168 valence electrons. The van der Waals surface area contributed by atoms with E-state index in [0.29, 0.717) is 16.7 Å². The molecule has 1 atom stereocenters. The van der Waals surface area contributed by atoms with Gasteiger partial charge in [0.1, 0.15) is 5.75 Å². The monoisotopic (exact) mass is 450 g/mol. The van der Waals surface area contributed by atoms with Gasteiger partial charge in [0, 0.05) is 22.6 Å². The summed E-state index contributed by atoms with van der Waals surface area (Å²) >= 11 is 1.61. The Balaban J connectivity index is 1.57. The van der Waals surface area contributed by atoms with Gasteiger partial charge in [0.15, 0.2) is 11.9 Å². The number of fused-ring (bicyclic) bond motifs is 3. The Morgan fingerprint density at radius 3 is 2.59 bits per heavy atom. The number of hydrogen-bond donors (Lipinski definition) is 1. The van der Waals surface area contributed by atoms with Gasteiger partial charge >= 0.3 is 0 Å². The summed E-state index contributed by atoms with van der Waals surface area (Å²) < 4.78 is 12.2. The van der Waals surface area contributed by atoms with Crippen molar-refractivity contribution in [1.29, 1.82) is 0 Å². The third kappa shape index (κ3) is 5.51. The number of hydrogen-bond acceptors (Lipinski definition) is 7. The van der Waals surface area contributed by atoms with Crippen LogP contribution in [0.15, 0.2) is 53.7 Å². The molecule has 0 radical (unpaired) electrons. The summed E-state index contributed by atoms with van der Waals surface area (Å²) in [7, 11) is 0. The number of anilines is 1. The van der Waals surface area contributed by atoms with Crippen LogP contribution in [0, 0.1) is 0 Å². The molecular formula is C25H30N4O2S. The SMILES string of the molecule is CCCCCOc1ccc(C2Nc3ccccc3-c3nnc(SCCCC)nc3O2)cc1. The van der Waals surface area contributed by atoms with Gasteiger partial charge in [-0.05, 0) is 43.2 Å². The number of rotatable bonds is 10. The van der Waals surface area contributed by atoms with Gasteiger partial charge in [-0.1, -0.05) is 63.1 Å². The van der Waals surface area contributed by atoms with E-state index in [1.165, 1.54) is 12.8 Å². The lowest BCUT2D eigenvalue weighted by Crippen LogP contribution is -2.17. The lowest BCUT2D eigenvalue weighted by Gasteiger charge is -2.19. The average molecular weight is 451 g/mol. The second-order valence-electron chi connectivity index (χ2n) is 7.76. The first-order chi connectivity index (χ1) is 15.8. The summed E-state index contributed by atoms with van der Waals surface area (Å²) in [5, 5.41) is 12.9. The van der Waals surface area contributed by atoms with Gasteiger partial charge in [0.25, 0.3) is 0 Å². The van der Waals surface area contributed by atoms with Crippen molar-refractivity contribution >= 4 is 17.4 Å². The fourth-order valence-corrected chi connectivity index (χ4v) is 4.31. The van der Waals surface area contributed by atoms with E-state index in [1.807, 2.05) is 48.5 Å². The molecule has 0 amide bonds. The number of unbranched alkanes of at least 4 members (excludes halogenated alkanes) is 3. The molecular weight excluding hydrogens is 420 g/mol. The second kappa shape index (κ2) is 11.2. The van der Waals surface area contributed by atoms with Crippen LogP contribution in [0.25, 0.3) is 11.3 Å². The Bertz CT molecular complexity index is 1010. The molecule has 4 rings (SSSR count). The number of nitrogens with zero attached hydrogens (tertiary/aromatic N) is 3. The van der Waals surface area contributed by atoms with Crippen molar-refractivity contribution in [3.05, 3.63) is 54.1 Å². The van der Waals surface area contributed by atoms with E-state index in [1.54, 1.807) is 11.8 Å². The van der Waals surface area contributed by atoms with Crippen LogP contribution in [0.3, 0.4) is 0 Å². The van der Waals surface area contributed by atoms with Gasteiger partial charge in [0.05, 0.1) is 6.61 Å². The largest absolute Gasteiger partial charge is 0.494 e. The van der Waals surface area contributed by atoms with E-state index in [9.17, 15) is 0 Å². The van der Waals surface area contributed by atoms with Crippen molar-refractivity contribution in [1.82, 2.24) is 15.2 Å². The van der Waals surface area contributed by atoms with E-state index in [-0.39, 0.29) is 0 Å². The molecule has 0 saturated heterocycles. The maximum absolute atomic E-state index is 6.35. The van der Waals surface area contributed by atoms with Crippen molar-refractivity contribution in [3.63, 3.8) is 0 Å². The molecule has 0 bridgehead atoms. The van der Waals surface area contributed by atoms with Gasteiger partial charge in [-0.25, -0.2) is 0 Å². The Morgan fingerprint density at radius 2 is 1.78 bits per heavy atom. The molecule has 2 heterocycles. The molecule has 7 heteroatoms. The molecule has 1 aromatic heterocycles. The lowest BCUT2D eigenvalue weighted by molar-refractivity contribution is 0.225. The number of thioether (sulfide) groups is 1. The van der Waals surface area contributed by atoms with Crippen molar-refractivity contribution in [3.8, 4) is 22.9 Å². The van der Waals surface area contributed by atoms with Gasteiger partial charge < -0.3 is 14.8 Å². The summed E-state index contributed by atoms with van der Waals surface area (Å²) in [6.45, 7) is 5.11. The van der Waals surface area contributed by atoms with Crippen LogP contribution in [0.2, 0.25) is 0 Å². The molecule has 0 fully saturated rings. The minimum absolute atomic E-state index is 0.392. The fraction of sp³-hybridized carbons (Fsp3) is 0.400. The Hall–Kier alpha value is -2.80. The van der Waals surface area contributed by atoms with E-state index in [2.05, 4.69) is 29.4 Å². The van der Waals surface area contributed by atoms with Crippen molar-refractivity contribution in [2.75, 3.05) is 17.7 Å². The molecule has 0 saturated carbocycles.